The summed E-state index contributed by atoms with van der Waals surface area (Å²) in [5.74, 6) is 0.824. The van der Waals surface area contributed by atoms with Crippen molar-refractivity contribution >= 4 is 26.1 Å². The zero-order valence-electron chi connectivity index (χ0n) is 20.1. The number of pyridine rings is 1. The number of nitrogens with zero attached hydrogens (tertiary/aromatic N) is 1. The van der Waals surface area contributed by atoms with Crippen LogP contribution in [0.5, 0.6) is 5.75 Å². The molecule has 10 N–H and O–H groups in total. The number of nitrogens with two attached hydrogens (primary N) is 5. The molecule has 0 aliphatic carbocycles. The van der Waals surface area contributed by atoms with Crippen molar-refractivity contribution in [3.63, 3.8) is 0 Å². The van der Waals surface area contributed by atoms with Crippen LogP contribution < -0.4 is 9.92 Å². The molecule has 0 saturated heterocycles. The SMILES string of the molecule is C.CO[Si](OC)(OC)c1ccc(COc2ccc(/C=C/c3ccncc3)cc2)cc1.[NH2-].[NH2-].[NH2-].[NH2-].[NH2-].[Ru+5]. The first kappa shape index (κ1) is 43.7. The molecule has 3 rings (SSSR count). The van der Waals surface area contributed by atoms with E-state index < -0.39 is 8.80 Å². The Morgan fingerprint density at radius 1 is 0.667 bits per heavy atom. The van der Waals surface area contributed by atoms with Gasteiger partial charge in [0, 0.05) is 38.9 Å². The van der Waals surface area contributed by atoms with E-state index in [1.54, 1.807) is 33.7 Å². The molecule has 0 fully saturated rings. The summed E-state index contributed by atoms with van der Waals surface area (Å²) in [6.07, 6.45) is 7.69. The molecule has 1 radical (unpaired) electrons. The molecule has 1 heterocycles. The van der Waals surface area contributed by atoms with Crippen LogP contribution in [0.1, 0.15) is 24.1 Å². The second-order valence-electron chi connectivity index (χ2n) is 6.34. The number of hydrogen-bond acceptors (Lipinski definition) is 5. The van der Waals surface area contributed by atoms with E-state index in [1.807, 2.05) is 60.7 Å². The molecule has 0 unspecified atom stereocenters. The third kappa shape index (κ3) is 11.6. The molecule has 1 aromatic heterocycles. The van der Waals surface area contributed by atoms with E-state index in [4.69, 9.17) is 18.0 Å². The first-order valence-corrected chi connectivity index (χ1v) is 11.0. The van der Waals surface area contributed by atoms with Crippen molar-refractivity contribution in [3.8, 4) is 5.75 Å². The van der Waals surface area contributed by atoms with Crippen molar-refractivity contribution in [2.45, 2.75) is 14.0 Å². The minimum absolute atomic E-state index is 0. The average molecular weight is 605 g/mol. The monoisotopic (exact) mass is 605 g/mol. The van der Waals surface area contributed by atoms with Crippen LogP contribution in [-0.2, 0) is 39.4 Å². The van der Waals surface area contributed by atoms with E-state index in [9.17, 15) is 0 Å². The molecule has 3 aromatic rings. The molecule has 0 aliphatic rings. The summed E-state index contributed by atoms with van der Waals surface area (Å²) in [7, 11) is 2.02. The van der Waals surface area contributed by atoms with Gasteiger partial charge in [0.1, 0.15) is 12.4 Å². The van der Waals surface area contributed by atoms with Gasteiger partial charge in [-0.3, -0.25) is 4.98 Å². The van der Waals surface area contributed by atoms with Crippen LogP contribution in [-0.4, -0.2) is 35.1 Å². The summed E-state index contributed by atoms with van der Waals surface area (Å²) in [6.45, 7) is 0.480. The first-order valence-electron chi connectivity index (χ1n) is 9.25. The Hall–Kier alpha value is -2.35. The normalized spacial score (nSPS) is 9.42. The van der Waals surface area contributed by atoms with Gasteiger partial charge < -0.3 is 48.8 Å². The third-order valence-electron chi connectivity index (χ3n) is 4.57. The van der Waals surface area contributed by atoms with Crippen molar-refractivity contribution in [3.05, 3.63) is 121 Å². The summed E-state index contributed by atoms with van der Waals surface area (Å²) in [4.78, 5) is 4.02. The largest absolute Gasteiger partial charge is 5.00 e. The molecule has 0 spiro atoms. The van der Waals surface area contributed by atoms with Crippen LogP contribution in [0.15, 0.2) is 73.1 Å². The smallest absolute Gasteiger partial charge is 0.693 e. The van der Waals surface area contributed by atoms with Crippen molar-refractivity contribution in [2.24, 2.45) is 0 Å². The molecular weight excluding hydrogens is 565 g/mol. The van der Waals surface area contributed by atoms with Crippen LogP contribution in [0.3, 0.4) is 0 Å². The van der Waals surface area contributed by atoms with Gasteiger partial charge >= 0.3 is 28.3 Å². The Balaban J connectivity index is -0.000000458. The summed E-state index contributed by atoms with van der Waals surface area (Å²) >= 11 is 0. The summed E-state index contributed by atoms with van der Waals surface area (Å²) in [5, 5.41) is 0.916. The zero-order valence-corrected chi connectivity index (χ0v) is 22.8. The van der Waals surface area contributed by atoms with Gasteiger partial charge in [0.05, 0.1) is 0 Å². The Morgan fingerprint density at radius 2 is 1.11 bits per heavy atom. The Bertz CT molecular complexity index is 923. The fourth-order valence-corrected chi connectivity index (χ4v) is 4.70. The molecule has 0 amide bonds. The van der Waals surface area contributed by atoms with Crippen LogP contribution in [0, 0.1) is 0 Å². The van der Waals surface area contributed by atoms with E-state index >= 15 is 0 Å². The van der Waals surface area contributed by atoms with E-state index in [2.05, 4.69) is 17.1 Å². The van der Waals surface area contributed by atoms with Crippen molar-refractivity contribution < 1.29 is 37.5 Å². The molecule has 12 heteroatoms. The fourth-order valence-electron chi connectivity index (χ4n) is 2.92. The van der Waals surface area contributed by atoms with E-state index in [1.165, 1.54) is 0 Å². The topological polar surface area (TPSA) is 217 Å². The van der Waals surface area contributed by atoms with Gasteiger partial charge in [0.2, 0.25) is 0 Å². The molecule has 10 nitrogen and oxygen atoms in total. The summed E-state index contributed by atoms with van der Waals surface area (Å²) in [6, 6.07) is 19.9. The van der Waals surface area contributed by atoms with Gasteiger partial charge in [-0.15, -0.1) is 0 Å². The number of hydrogen-bond donors (Lipinski definition) is 0. The van der Waals surface area contributed by atoms with Gasteiger partial charge in [0.15, 0.2) is 0 Å². The second-order valence-corrected chi connectivity index (χ2v) is 9.25. The van der Waals surface area contributed by atoms with Gasteiger partial charge in [-0.25, -0.2) is 0 Å². The number of aromatic nitrogens is 1. The van der Waals surface area contributed by atoms with Crippen molar-refractivity contribution in [1.29, 1.82) is 0 Å². The van der Waals surface area contributed by atoms with Crippen LogP contribution >= 0.6 is 0 Å². The second kappa shape index (κ2) is 21.9. The van der Waals surface area contributed by atoms with E-state index in [-0.39, 0.29) is 57.7 Å². The van der Waals surface area contributed by atoms with Gasteiger partial charge in [-0.1, -0.05) is 56.0 Å². The molecule has 0 atom stereocenters. The summed E-state index contributed by atoms with van der Waals surface area (Å²) in [5.41, 5.74) is 3.28. The van der Waals surface area contributed by atoms with Crippen LogP contribution in [0.2, 0.25) is 0 Å². The van der Waals surface area contributed by atoms with E-state index in [0.29, 0.717) is 6.61 Å². The Morgan fingerprint density at radius 3 is 1.56 bits per heavy atom. The van der Waals surface area contributed by atoms with E-state index in [0.717, 1.165) is 27.6 Å². The molecule has 36 heavy (non-hydrogen) atoms. The maximum atomic E-state index is 5.90. The van der Waals surface area contributed by atoms with Crippen LogP contribution in [0.25, 0.3) is 42.9 Å². The summed E-state index contributed by atoms with van der Waals surface area (Å²) < 4.78 is 22.4. The molecule has 0 bridgehead atoms. The number of ether oxygens (including phenoxy) is 1. The number of rotatable bonds is 9. The van der Waals surface area contributed by atoms with Crippen molar-refractivity contribution in [2.75, 3.05) is 21.3 Å². The fraction of sp³-hybridized carbons (Fsp3) is 0.208. The minimum Gasteiger partial charge on any atom is -0.693 e. The molecule has 2 aromatic carbocycles. The van der Waals surface area contributed by atoms with Gasteiger partial charge in [0.25, 0.3) is 0 Å². The minimum atomic E-state index is -2.79. The first-order chi connectivity index (χ1) is 14.2. The third-order valence-corrected chi connectivity index (χ3v) is 7.23. The molecule has 0 saturated carbocycles. The maximum absolute atomic E-state index is 5.90. The molecular formula is C24H39N6O4RuSi. The van der Waals surface area contributed by atoms with Gasteiger partial charge in [-0.2, -0.15) is 0 Å². The molecule has 0 aliphatic heterocycles. The maximum Gasteiger partial charge on any atom is 5.00 e. The number of benzene rings is 2. The van der Waals surface area contributed by atoms with Crippen molar-refractivity contribution in [1.82, 2.24) is 4.98 Å². The predicted octanol–water partition coefficient (Wildman–Crippen LogP) is 8.14. The molecule has 201 valence electrons. The Kier molecular flexibility index (Phi) is 26.6. The standard InChI is InChI=1S/C23H25NO4Si.CH4.5H2N.Ru/c1-25-29(26-2,27-3)23-12-8-21(9-13-23)18-28-22-10-6-19(7-11-22)4-5-20-14-16-24-17-15-20;;;;;;;/h4-17H,18H2,1-3H3;1H4;5*1H2;/q;;5*-1;+5/b5-4+;;;;;;;. The van der Waals surface area contributed by atoms with Gasteiger partial charge in [-0.05, 0) is 41.0 Å². The van der Waals surface area contributed by atoms with Crippen LogP contribution in [0.4, 0.5) is 0 Å². The predicted molar refractivity (Wildman–Crippen MR) is 150 cm³/mol. The quantitative estimate of drug-likeness (QED) is 0.220. The average Bonchev–Trinajstić information content (AvgIpc) is 2.80. The Labute approximate surface area is 229 Å². The zero-order chi connectivity index (χ0) is 20.5.